The minimum atomic E-state index is -0.394. The predicted molar refractivity (Wildman–Crippen MR) is 84.7 cm³/mol. The van der Waals surface area contributed by atoms with Crippen molar-refractivity contribution in [3.05, 3.63) is 23.8 Å². The number of rotatable bonds is 7. The number of methoxy groups -OCH3 is 1. The Morgan fingerprint density at radius 1 is 1.33 bits per heavy atom. The van der Waals surface area contributed by atoms with Crippen molar-refractivity contribution >= 4 is 22.6 Å². The van der Waals surface area contributed by atoms with Gasteiger partial charge in [0, 0.05) is 18.7 Å². The lowest BCUT2D eigenvalue weighted by Crippen LogP contribution is -2.05. The van der Waals surface area contributed by atoms with E-state index in [9.17, 15) is 4.39 Å². The first-order valence-corrected chi connectivity index (χ1v) is 7.89. The molecular formula is C16H22ClFN2O. The van der Waals surface area contributed by atoms with Gasteiger partial charge >= 0.3 is 0 Å². The maximum absolute atomic E-state index is 13.8. The first-order valence-electron chi connectivity index (χ1n) is 7.46. The number of halogens is 2. The zero-order chi connectivity index (χ0) is 15.4. The molecule has 0 aliphatic carbocycles. The van der Waals surface area contributed by atoms with Crippen LogP contribution in [0.5, 0.6) is 5.75 Å². The molecule has 1 aromatic carbocycles. The molecule has 0 saturated carbocycles. The minimum absolute atomic E-state index is 0.211. The number of hydrogen-bond donors (Lipinski definition) is 0. The van der Waals surface area contributed by atoms with Gasteiger partial charge in [-0.1, -0.05) is 26.2 Å². The van der Waals surface area contributed by atoms with Gasteiger partial charge in [0.25, 0.3) is 0 Å². The van der Waals surface area contributed by atoms with Gasteiger partial charge in [-0.3, -0.25) is 0 Å². The lowest BCUT2D eigenvalue weighted by Gasteiger charge is -2.11. The molecule has 0 amide bonds. The van der Waals surface area contributed by atoms with E-state index < -0.39 is 5.82 Å². The average Bonchev–Trinajstić information content (AvgIpc) is 2.80. The molecule has 0 aliphatic rings. The predicted octanol–water partition coefficient (Wildman–Crippen LogP) is 5.06. The maximum atomic E-state index is 13.8. The molecule has 116 valence electrons. The highest BCUT2D eigenvalue weighted by Gasteiger charge is 2.17. The van der Waals surface area contributed by atoms with Crippen LogP contribution >= 0.6 is 11.6 Å². The van der Waals surface area contributed by atoms with E-state index in [1.165, 1.54) is 32.4 Å². The molecule has 1 atom stereocenters. The van der Waals surface area contributed by atoms with E-state index in [1.54, 1.807) is 6.07 Å². The molecule has 1 heterocycles. The van der Waals surface area contributed by atoms with Gasteiger partial charge in [0.15, 0.2) is 11.6 Å². The molecule has 5 heteroatoms. The van der Waals surface area contributed by atoms with Crippen molar-refractivity contribution < 1.29 is 9.13 Å². The molecule has 1 aromatic heterocycles. The largest absolute Gasteiger partial charge is 0.494 e. The van der Waals surface area contributed by atoms with Crippen LogP contribution in [0.3, 0.4) is 0 Å². The van der Waals surface area contributed by atoms with Crippen molar-refractivity contribution in [3.63, 3.8) is 0 Å². The Hall–Kier alpha value is -1.29. The summed E-state index contributed by atoms with van der Waals surface area (Å²) in [5.41, 5.74) is 1.51. The standard InChI is InChI=1S/C16H22ClFN2O/c1-4-5-6-7-8-20-14-10-15(21-3)12(18)9-13(14)19-16(20)11(2)17/h9-11H,4-8H2,1-3H3. The Balaban J connectivity index is 2.40. The minimum Gasteiger partial charge on any atom is -0.494 e. The zero-order valence-electron chi connectivity index (χ0n) is 12.8. The van der Waals surface area contributed by atoms with Crippen molar-refractivity contribution in [2.24, 2.45) is 0 Å². The fourth-order valence-electron chi connectivity index (χ4n) is 2.54. The number of unbranched alkanes of at least 4 members (excludes halogenated alkanes) is 3. The molecule has 0 N–H and O–H groups in total. The second-order valence-electron chi connectivity index (χ2n) is 5.27. The van der Waals surface area contributed by atoms with Gasteiger partial charge in [0.05, 0.1) is 23.5 Å². The van der Waals surface area contributed by atoms with Gasteiger partial charge in [-0.05, 0) is 13.3 Å². The van der Waals surface area contributed by atoms with Crippen LogP contribution in [0, 0.1) is 5.82 Å². The molecule has 21 heavy (non-hydrogen) atoms. The molecular weight excluding hydrogens is 291 g/mol. The summed E-state index contributed by atoms with van der Waals surface area (Å²) in [6, 6.07) is 3.12. The van der Waals surface area contributed by atoms with Crippen molar-refractivity contribution in [1.29, 1.82) is 0 Å². The Bertz CT molecular complexity index is 610. The number of hydrogen-bond acceptors (Lipinski definition) is 2. The quantitative estimate of drug-likeness (QED) is 0.527. The second kappa shape index (κ2) is 7.12. The van der Waals surface area contributed by atoms with E-state index in [0.29, 0.717) is 5.52 Å². The third-order valence-electron chi connectivity index (χ3n) is 3.64. The van der Waals surface area contributed by atoms with Crippen LogP contribution in [0.2, 0.25) is 0 Å². The number of ether oxygens (including phenoxy) is 1. The number of nitrogens with zero attached hydrogens (tertiary/aromatic N) is 2. The zero-order valence-corrected chi connectivity index (χ0v) is 13.6. The normalized spacial score (nSPS) is 12.8. The van der Waals surface area contributed by atoms with E-state index in [4.69, 9.17) is 16.3 Å². The summed E-state index contributed by atoms with van der Waals surface area (Å²) in [5, 5.41) is -0.211. The fraction of sp³-hybridized carbons (Fsp3) is 0.562. The molecule has 0 bridgehead atoms. The molecule has 2 rings (SSSR count). The number of aromatic nitrogens is 2. The van der Waals surface area contributed by atoms with Crippen LogP contribution in [0.4, 0.5) is 4.39 Å². The highest BCUT2D eigenvalue weighted by atomic mass is 35.5. The summed E-state index contributed by atoms with van der Waals surface area (Å²) in [4.78, 5) is 4.48. The molecule has 0 spiro atoms. The molecule has 0 saturated heterocycles. The maximum Gasteiger partial charge on any atom is 0.167 e. The SMILES string of the molecule is CCCCCCn1c(C(C)Cl)nc2cc(F)c(OC)cc21. The van der Waals surface area contributed by atoms with E-state index in [0.717, 1.165) is 24.3 Å². The number of fused-ring (bicyclic) bond motifs is 1. The van der Waals surface area contributed by atoms with Gasteiger partial charge in [-0.2, -0.15) is 0 Å². The summed E-state index contributed by atoms with van der Waals surface area (Å²) < 4.78 is 21.0. The Morgan fingerprint density at radius 3 is 2.71 bits per heavy atom. The Kier molecular flexibility index (Phi) is 5.45. The van der Waals surface area contributed by atoms with E-state index >= 15 is 0 Å². The first-order chi connectivity index (χ1) is 10.1. The van der Waals surface area contributed by atoms with Crippen LogP contribution in [-0.4, -0.2) is 16.7 Å². The summed E-state index contributed by atoms with van der Waals surface area (Å²) in [6.45, 7) is 4.92. The third kappa shape index (κ3) is 3.49. The van der Waals surface area contributed by atoms with Crippen molar-refractivity contribution in [2.45, 2.75) is 51.5 Å². The fourth-order valence-corrected chi connectivity index (χ4v) is 2.70. The second-order valence-corrected chi connectivity index (χ2v) is 5.93. The Morgan fingerprint density at radius 2 is 2.10 bits per heavy atom. The van der Waals surface area contributed by atoms with Crippen LogP contribution in [-0.2, 0) is 6.54 Å². The monoisotopic (exact) mass is 312 g/mol. The first kappa shape index (κ1) is 16.1. The van der Waals surface area contributed by atoms with Crippen molar-refractivity contribution in [3.8, 4) is 5.75 Å². The number of aryl methyl sites for hydroxylation is 1. The van der Waals surface area contributed by atoms with Crippen LogP contribution in [0.15, 0.2) is 12.1 Å². The summed E-state index contributed by atoms with van der Waals surface area (Å²) in [5.74, 6) is 0.635. The lowest BCUT2D eigenvalue weighted by molar-refractivity contribution is 0.387. The van der Waals surface area contributed by atoms with Gasteiger partial charge in [-0.25, -0.2) is 9.37 Å². The number of alkyl halides is 1. The van der Waals surface area contributed by atoms with Crippen LogP contribution in [0.1, 0.15) is 50.7 Å². The number of benzene rings is 1. The molecule has 0 aliphatic heterocycles. The summed E-state index contributed by atoms with van der Waals surface area (Å²) >= 11 is 6.22. The van der Waals surface area contributed by atoms with E-state index in [1.807, 2.05) is 6.92 Å². The summed E-state index contributed by atoms with van der Waals surface area (Å²) in [6.07, 6.45) is 4.65. The molecule has 1 unspecified atom stereocenters. The molecule has 3 nitrogen and oxygen atoms in total. The van der Waals surface area contributed by atoms with E-state index in [-0.39, 0.29) is 11.1 Å². The summed E-state index contributed by atoms with van der Waals surface area (Å²) in [7, 11) is 1.47. The number of imidazole rings is 1. The average molecular weight is 313 g/mol. The van der Waals surface area contributed by atoms with Gasteiger partial charge in [-0.15, -0.1) is 11.6 Å². The van der Waals surface area contributed by atoms with Crippen LogP contribution < -0.4 is 4.74 Å². The van der Waals surface area contributed by atoms with Gasteiger partial charge < -0.3 is 9.30 Å². The highest BCUT2D eigenvalue weighted by molar-refractivity contribution is 6.20. The molecule has 2 aromatic rings. The smallest absolute Gasteiger partial charge is 0.167 e. The highest BCUT2D eigenvalue weighted by Crippen LogP contribution is 2.29. The van der Waals surface area contributed by atoms with Gasteiger partial charge in [0.1, 0.15) is 5.82 Å². The lowest BCUT2D eigenvalue weighted by atomic mass is 10.2. The molecule has 0 radical (unpaired) electrons. The van der Waals surface area contributed by atoms with E-state index in [2.05, 4.69) is 16.5 Å². The topological polar surface area (TPSA) is 27.1 Å². The third-order valence-corrected chi connectivity index (χ3v) is 3.84. The Labute approximate surface area is 130 Å². The van der Waals surface area contributed by atoms with Gasteiger partial charge in [0.2, 0.25) is 0 Å². The van der Waals surface area contributed by atoms with Crippen molar-refractivity contribution in [1.82, 2.24) is 9.55 Å². The van der Waals surface area contributed by atoms with Crippen LogP contribution in [0.25, 0.3) is 11.0 Å². The molecule has 0 fully saturated rings. The van der Waals surface area contributed by atoms with Crippen molar-refractivity contribution in [2.75, 3.05) is 7.11 Å².